The summed E-state index contributed by atoms with van der Waals surface area (Å²) in [6.07, 6.45) is 11.9. The van der Waals surface area contributed by atoms with E-state index in [4.69, 9.17) is 11.6 Å². The zero-order chi connectivity index (χ0) is 9.23. The highest BCUT2D eigenvalue weighted by molar-refractivity contribution is 6.21. The SMILES string of the molecule is C/C=C/C(Cl)CCCCCCC. The van der Waals surface area contributed by atoms with Crippen molar-refractivity contribution in [2.45, 2.75) is 57.7 Å². The first-order chi connectivity index (χ1) is 5.81. The lowest BCUT2D eigenvalue weighted by Crippen LogP contribution is -1.92. The molecule has 12 heavy (non-hydrogen) atoms. The van der Waals surface area contributed by atoms with Crippen molar-refractivity contribution in [3.63, 3.8) is 0 Å². The lowest BCUT2D eigenvalue weighted by Gasteiger charge is -2.02. The molecule has 0 nitrogen and oxygen atoms in total. The molecule has 0 spiro atoms. The summed E-state index contributed by atoms with van der Waals surface area (Å²) in [5.74, 6) is 0. The fourth-order valence-electron chi connectivity index (χ4n) is 1.25. The third-order valence-corrected chi connectivity index (χ3v) is 2.35. The molecule has 0 aliphatic carbocycles. The highest BCUT2D eigenvalue weighted by atomic mass is 35.5. The standard InChI is InChI=1S/C11H21Cl/c1-3-5-6-7-8-10-11(12)9-4-2/h4,9,11H,3,5-8,10H2,1-2H3/b9-4+. The molecule has 0 bridgehead atoms. The minimum absolute atomic E-state index is 0.261. The van der Waals surface area contributed by atoms with Crippen LogP contribution in [0.1, 0.15) is 52.4 Å². The van der Waals surface area contributed by atoms with Gasteiger partial charge in [0.05, 0.1) is 5.38 Å². The highest BCUT2D eigenvalue weighted by Crippen LogP contribution is 2.11. The van der Waals surface area contributed by atoms with Crippen LogP contribution in [-0.2, 0) is 0 Å². The van der Waals surface area contributed by atoms with Crippen LogP contribution in [0.2, 0.25) is 0 Å². The molecule has 0 aliphatic heterocycles. The van der Waals surface area contributed by atoms with Crippen LogP contribution in [-0.4, -0.2) is 5.38 Å². The van der Waals surface area contributed by atoms with Gasteiger partial charge in [0.1, 0.15) is 0 Å². The van der Waals surface area contributed by atoms with Crippen molar-refractivity contribution in [2.75, 3.05) is 0 Å². The van der Waals surface area contributed by atoms with Crippen LogP contribution in [0.4, 0.5) is 0 Å². The summed E-state index contributed by atoms with van der Waals surface area (Å²) in [5, 5.41) is 0.261. The summed E-state index contributed by atoms with van der Waals surface area (Å²) in [5.41, 5.74) is 0. The van der Waals surface area contributed by atoms with Gasteiger partial charge in [0, 0.05) is 0 Å². The largest absolute Gasteiger partial charge is 0.118 e. The molecule has 0 saturated carbocycles. The van der Waals surface area contributed by atoms with Crippen molar-refractivity contribution in [2.24, 2.45) is 0 Å². The van der Waals surface area contributed by atoms with Gasteiger partial charge in [-0.2, -0.15) is 0 Å². The van der Waals surface area contributed by atoms with E-state index in [1.165, 1.54) is 32.1 Å². The Hall–Kier alpha value is 0.0300. The van der Waals surface area contributed by atoms with E-state index in [2.05, 4.69) is 13.0 Å². The molecule has 0 N–H and O–H groups in total. The number of hydrogen-bond acceptors (Lipinski definition) is 0. The van der Waals surface area contributed by atoms with Crippen molar-refractivity contribution in [3.8, 4) is 0 Å². The van der Waals surface area contributed by atoms with Gasteiger partial charge in [-0.1, -0.05) is 51.2 Å². The molecule has 0 amide bonds. The van der Waals surface area contributed by atoms with Gasteiger partial charge >= 0.3 is 0 Å². The first-order valence-corrected chi connectivity index (χ1v) is 5.51. The van der Waals surface area contributed by atoms with E-state index in [-0.39, 0.29) is 5.38 Å². The molecule has 0 radical (unpaired) electrons. The lowest BCUT2D eigenvalue weighted by molar-refractivity contribution is 0.613. The molecule has 72 valence electrons. The second kappa shape index (κ2) is 9.12. The molecule has 0 saturated heterocycles. The minimum atomic E-state index is 0.261. The highest BCUT2D eigenvalue weighted by Gasteiger charge is 1.97. The number of hydrogen-bond donors (Lipinski definition) is 0. The molecular formula is C11H21Cl. The molecule has 0 aromatic rings. The van der Waals surface area contributed by atoms with Gasteiger partial charge in [-0.3, -0.25) is 0 Å². The summed E-state index contributed by atoms with van der Waals surface area (Å²) in [6, 6.07) is 0. The van der Waals surface area contributed by atoms with Crippen LogP contribution in [0.3, 0.4) is 0 Å². The zero-order valence-corrected chi connectivity index (χ0v) is 9.11. The Labute approximate surface area is 82.0 Å². The number of allylic oxidation sites excluding steroid dienone is 2. The fourth-order valence-corrected chi connectivity index (χ4v) is 1.55. The van der Waals surface area contributed by atoms with E-state index in [1.807, 2.05) is 13.0 Å². The summed E-state index contributed by atoms with van der Waals surface area (Å²) in [4.78, 5) is 0. The van der Waals surface area contributed by atoms with Gasteiger partial charge in [-0.15, -0.1) is 11.6 Å². The van der Waals surface area contributed by atoms with Gasteiger partial charge in [0.15, 0.2) is 0 Å². The summed E-state index contributed by atoms with van der Waals surface area (Å²) >= 11 is 6.01. The van der Waals surface area contributed by atoms with E-state index >= 15 is 0 Å². The molecule has 1 heteroatoms. The lowest BCUT2D eigenvalue weighted by atomic mass is 10.1. The van der Waals surface area contributed by atoms with Gasteiger partial charge in [-0.05, 0) is 13.3 Å². The molecule has 1 unspecified atom stereocenters. The normalized spacial score (nSPS) is 13.9. The molecule has 0 heterocycles. The maximum atomic E-state index is 6.01. The predicted octanol–water partition coefficient (Wildman–Crippen LogP) is 4.53. The van der Waals surface area contributed by atoms with E-state index in [0.717, 1.165) is 6.42 Å². The third kappa shape index (κ3) is 8.13. The smallest absolute Gasteiger partial charge is 0.0515 e. The molecule has 0 rings (SSSR count). The van der Waals surface area contributed by atoms with Crippen LogP contribution in [0.5, 0.6) is 0 Å². The second-order valence-corrected chi connectivity index (χ2v) is 3.81. The van der Waals surface area contributed by atoms with E-state index in [0.29, 0.717) is 0 Å². The van der Waals surface area contributed by atoms with Gasteiger partial charge in [0.2, 0.25) is 0 Å². The third-order valence-electron chi connectivity index (χ3n) is 1.98. The van der Waals surface area contributed by atoms with Crippen LogP contribution < -0.4 is 0 Å². The Balaban J connectivity index is 3.08. The van der Waals surface area contributed by atoms with E-state index in [1.54, 1.807) is 0 Å². The quantitative estimate of drug-likeness (QED) is 0.313. The molecule has 0 aromatic heterocycles. The second-order valence-electron chi connectivity index (χ2n) is 3.24. The van der Waals surface area contributed by atoms with Gasteiger partial charge in [-0.25, -0.2) is 0 Å². The van der Waals surface area contributed by atoms with Crippen LogP contribution in [0.25, 0.3) is 0 Å². The summed E-state index contributed by atoms with van der Waals surface area (Å²) < 4.78 is 0. The summed E-state index contributed by atoms with van der Waals surface area (Å²) in [6.45, 7) is 4.26. The number of rotatable bonds is 7. The van der Waals surface area contributed by atoms with Crippen LogP contribution >= 0.6 is 11.6 Å². The zero-order valence-electron chi connectivity index (χ0n) is 8.35. The molecule has 0 aliphatic rings. The predicted molar refractivity (Wildman–Crippen MR) is 57.8 cm³/mol. The van der Waals surface area contributed by atoms with Crippen LogP contribution in [0.15, 0.2) is 12.2 Å². The molecule has 0 fully saturated rings. The van der Waals surface area contributed by atoms with Crippen molar-refractivity contribution in [1.29, 1.82) is 0 Å². The van der Waals surface area contributed by atoms with Gasteiger partial charge in [0.25, 0.3) is 0 Å². The first-order valence-electron chi connectivity index (χ1n) is 5.08. The van der Waals surface area contributed by atoms with Crippen LogP contribution in [0, 0.1) is 0 Å². The average Bonchev–Trinajstić information content (AvgIpc) is 2.05. The Morgan fingerprint density at radius 1 is 1.17 bits per heavy atom. The molecule has 1 atom stereocenters. The topological polar surface area (TPSA) is 0 Å². The Kier molecular flexibility index (Phi) is 9.14. The number of halogens is 1. The summed E-state index contributed by atoms with van der Waals surface area (Å²) in [7, 11) is 0. The fraction of sp³-hybridized carbons (Fsp3) is 0.818. The van der Waals surface area contributed by atoms with Crippen molar-refractivity contribution < 1.29 is 0 Å². The Bertz CT molecular complexity index is 108. The average molecular weight is 189 g/mol. The minimum Gasteiger partial charge on any atom is -0.118 e. The maximum Gasteiger partial charge on any atom is 0.0515 e. The molecular weight excluding hydrogens is 168 g/mol. The molecule has 0 aromatic carbocycles. The maximum absolute atomic E-state index is 6.01. The Morgan fingerprint density at radius 3 is 2.42 bits per heavy atom. The number of unbranched alkanes of at least 4 members (excludes halogenated alkanes) is 4. The van der Waals surface area contributed by atoms with Gasteiger partial charge < -0.3 is 0 Å². The first kappa shape index (κ1) is 12.0. The Morgan fingerprint density at radius 2 is 1.83 bits per heavy atom. The van der Waals surface area contributed by atoms with E-state index in [9.17, 15) is 0 Å². The monoisotopic (exact) mass is 188 g/mol. The number of alkyl halides is 1. The van der Waals surface area contributed by atoms with Crippen molar-refractivity contribution >= 4 is 11.6 Å². The van der Waals surface area contributed by atoms with E-state index < -0.39 is 0 Å². The van der Waals surface area contributed by atoms with Crippen molar-refractivity contribution in [3.05, 3.63) is 12.2 Å². The van der Waals surface area contributed by atoms with Crippen molar-refractivity contribution in [1.82, 2.24) is 0 Å².